The van der Waals surface area contributed by atoms with E-state index in [0.717, 1.165) is 0 Å². The predicted molar refractivity (Wildman–Crippen MR) is 78.8 cm³/mol. The lowest BCUT2D eigenvalue weighted by Gasteiger charge is -2.05. The van der Waals surface area contributed by atoms with Gasteiger partial charge in [-0.15, -0.1) is 0 Å². The van der Waals surface area contributed by atoms with Crippen molar-refractivity contribution in [2.45, 2.75) is 20.8 Å². The molecule has 0 spiro atoms. The van der Waals surface area contributed by atoms with Crippen molar-refractivity contribution in [3.63, 3.8) is 0 Å². The van der Waals surface area contributed by atoms with Crippen LogP contribution in [0.1, 0.15) is 18.1 Å². The summed E-state index contributed by atoms with van der Waals surface area (Å²) in [5, 5.41) is 2.57. The average molecular weight is 411 g/mol. The van der Waals surface area contributed by atoms with Crippen molar-refractivity contribution in [1.82, 2.24) is 0 Å². The molecular weight excluding hydrogens is 400 g/mol. The number of benzene rings is 1. The van der Waals surface area contributed by atoms with Gasteiger partial charge in [0.2, 0.25) is 0 Å². The number of hydrogen-bond donors (Lipinski definition) is 0. The summed E-state index contributed by atoms with van der Waals surface area (Å²) >= 11 is 2.51. The molecule has 3 heteroatoms. The first-order valence-corrected chi connectivity index (χ1v) is 7.66. The zero-order valence-corrected chi connectivity index (χ0v) is 12.7. The zero-order valence-electron chi connectivity index (χ0n) is 8.36. The maximum Gasteiger partial charge on any atom is 0.0755 e. The van der Waals surface area contributed by atoms with Crippen LogP contribution in [-0.4, -0.2) is 3.63 Å². The quantitative estimate of drug-likeness (QED) is 0.583. The third-order valence-electron chi connectivity index (χ3n) is 2.13. The van der Waals surface area contributed by atoms with Gasteiger partial charge in [-0.3, -0.25) is 0 Å². The Morgan fingerprint density at radius 1 is 1.21 bits per heavy atom. The van der Waals surface area contributed by atoms with E-state index in [9.17, 15) is 0 Å². The highest BCUT2D eigenvalue weighted by molar-refractivity contribution is 14.3. The van der Waals surface area contributed by atoms with Gasteiger partial charge in [0.25, 0.3) is 0 Å². The van der Waals surface area contributed by atoms with Crippen molar-refractivity contribution in [1.29, 1.82) is 0 Å². The normalized spacial score (nSPS) is 15.1. The molecule has 1 aliphatic heterocycles. The largest absolute Gasteiger partial charge is 0.247 e. The minimum atomic E-state index is 0.0279. The third kappa shape index (κ3) is 1.93. The third-order valence-corrected chi connectivity index (χ3v) is 6.16. The fraction of sp³-hybridized carbons (Fsp3) is 0.273. The van der Waals surface area contributed by atoms with Gasteiger partial charge in [0.05, 0.1) is 10.6 Å². The molecule has 0 N–H and O–H groups in total. The summed E-state index contributed by atoms with van der Waals surface area (Å²) in [7, 11) is 0. The SMILES string of the molecule is CC1=IC(I)=c2cc(C)cc(C)c2=N1. The van der Waals surface area contributed by atoms with Crippen LogP contribution in [0, 0.1) is 13.8 Å². The molecule has 1 aliphatic rings. The fourth-order valence-electron chi connectivity index (χ4n) is 1.60. The van der Waals surface area contributed by atoms with Crippen LogP contribution in [0.2, 0.25) is 0 Å². The summed E-state index contributed by atoms with van der Waals surface area (Å²) in [6, 6.07) is 4.48. The second-order valence-corrected chi connectivity index (χ2v) is 9.76. The van der Waals surface area contributed by atoms with Crippen molar-refractivity contribution < 1.29 is 0 Å². The highest BCUT2D eigenvalue weighted by Crippen LogP contribution is 2.25. The van der Waals surface area contributed by atoms with Gasteiger partial charge in [-0.2, -0.15) is 0 Å². The topological polar surface area (TPSA) is 12.4 Å². The Hall–Kier alpha value is 0.220. The number of fused-ring (bicyclic) bond motifs is 1. The molecule has 2 rings (SSSR count). The summed E-state index contributed by atoms with van der Waals surface area (Å²) < 4.78 is 2.85. The van der Waals surface area contributed by atoms with E-state index in [4.69, 9.17) is 0 Å². The van der Waals surface area contributed by atoms with E-state index in [-0.39, 0.29) is 20.7 Å². The Balaban J connectivity index is 2.96. The molecule has 0 saturated heterocycles. The van der Waals surface area contributed by atoms with E-state index in [1.54, 1.807) is 0 Å². The van der Waals surface area contributed by atoms with Gasteiger partial charge >= 0.3 is 0 Å². The van der Waals surface area contributed by atoms with Crippen molar-refractivity contribution in [3.8, 4) is 0 Å². The predicted octanol–water partition coefficient (Wildman–Crippen LogP) is 2.56. The molecule has 0 radical (unpaired) electrons. The molecular formula is C11H11I2N. The number of aryl methyl sites for hydroxylation is 2. The molecule has 1 nitrogen and oxygen atoms in total. The molecule has 0 saturated carbocycles. The van der Waals surface area contributed by atoms with Crippen molar-refractivity contribution in [3.05, 3.63) is 33.8 Å². The summed E-state index contributed by atoms with van der Waals surface area (Å²) in [6.07, 6.45) is 0. The fourth-order valence-corrected chi connectivity index (χ4v) is 5.74. The molecule has 1 aromatic rings. The zero-order chi connectivity index (χ0) is 10.3. The van der Waals surface area contributed by atoms with E-state index >= 15 is 0 Å². The molecule has 0 aromatic heterocycles. The summed E-state index contributed by atoms with van der Waals surface area (Å²) in [5.41, 5.74) is 2.64. The summed E-state index contributed by atoms with van der Waals surface area (Å²) in [6.45, 7) is 6.45. The lowest BCUT2D eigenvalue weighted by Crippen LogP contribution is -2.31. The first-order chi connectivity index (χ1) is 6.58. The summed E-state index contributed by atoms with van der Waals surface area (Å²) in [4.78, 5) is 4.68. The van der Waals surface area contributed by atoms with Crippen LogP contribution in [0.15, 0.2) is 17.1 Å². The highest BCUT2D eigenvalue weighted by Gasteiger charge is 2.04. The molecule has 0 unspecified atom stereocenters. The van der Waals surface area contributed by atoms with Crippen LogP contribution >= 0.6 is 43.3 Å². The second-order valence-electron chi connectivity index (χ2n) is 3.44. The van der Waals surface area contributed by atoms with Crippen LogP contribution in [0.5, 0.6) is 0 Å². The van der Waals surface area contributed by atoms with Gasteiger partial charge in [-0.05, 0) is 55.0 Å². The van der Waals surface area contributed by atoms with Crippen LogP contribution < -0.4 is 10.6 Å². The molecule has 1 heterocycles. The molecule has 0 atom stereocenters. The van der Waals surface area contributed by atoms with E-state index in [2.05, 4.69) is 60.5 Å². The van der Waals surface area contributed by atoms with Gasteiger partial charge in [0.15, 0.2) is 0 Å². The molecule has 0 fully saturated rings. The Morgan fingerprint density at radius 3 is 2.64 bits per heavy atom. The highest BCUT2D eigenvalue weighted by atomic mass is 127. The minimum Gasteiger partial charge on any atom is -0.247 e. The smallest absolute Gasteiger partial charge is 0.0755 e. The molecule has 0 amide bonds. The molecule has 74 valence electrons. The van der Waals surface area contributed by atoms with Gasteiger partial charge in [0, 0.05) is 5.22 Å². The summed E-state index contributed by atoms with van der Waals surface area (Å²) in [5.74, 6) is 0. The van der Waals surface area contributed by atoms with Crippen LogP contribution in [0.3, 0.4) is 0 Å². The number of halogens is 2. The van der Waals surface area contributed by atoms with Crippen molar-refractivity contribution in [2.24, 2.45) is 4.99 Å². The maximum absolute atomic E-state index is 4.68. The molecule has 0 bridgehead atoms. The Kier molecular flexibility index (Phi) is 3.06. The van der Waals surface area contributed by atoms with Crippen LogP contribution in [0.4, 0.5) is 0 Å². The van der Waals surface area contributed by atoms with Crippen LogP contribution in [-0.2, 0) is 0 Å². The van der Waals surface area contributed by atoms with E-state index in [1.165, 1.54) is 26.9 Å². The van der Waals surface area contributed by atoms with Crippen LogP contribution in [0.25, 0.3) is 1.59 Å². The van der Waals surface area contributed by atoms with Gasteiger partial charge in [-0.1, -0.05) is 32.4 Å². The van der Waals surface area contributed by atoms with Gasteiger partial charge in [0.1, 0.15) is 0 Å². The number of rotatable bonds is 0. The Morgan fingerprint density at radius 2 is 1.93 bits per heavy atom. The van der Waals surface area contributed by atoms with E-state index in [0.29, 0.717) is 0 Å². The maximum atomic E-state index is 4.68. The first-order valence-electron chi connectivity index (χ1n) is 4.42. The lowest BCUT2D eigenvalue weighted by atomic mass is 10.1. The second kappa shape index (κ2) is 4.00. The average Bonchev–Trinajstić information content (AvgIpc) is 2.07. The standard InChI is InChI=1S/C11H11I2N/c1-6-4-7(2)10-9(5-6)11(12)13-8(3)14-10/h4-5H,1-3H3. The monoisotopic (exact) mass is 411 g/mol. The Labute approximate surface area is 107 Å². The molecule has 1 aromatic carbocycles. The van der Waals surface area contributed by atoms with Crippen molar-refractivity contribution >= 4 is 48.5 Å². The van der Waals surface area contributed by atoms with Gasteiger partial charge < -0.3 is 0 Å². The Bertz CT molecular complexity index is 541. The minimum absolute atomic E-state index is 0.0279. The number of nitrogens with zero attached hydrogens (tertiary/aromatic N) is 1. The molecule has 14 heavy (non-hydrogen) atoms. The van der Waals surface area contributed by atoms with Gasteiger partial charge in [-0.25, -0.2) is 4.99 Å². The van der Waals surface area contributed by atoms with E-state index < -0.39 is 0 Å². The first kappa shape index (κ1) is 10.7. The van der Waals surface area contributed by atoms with Crippen molar-refractivity contribution in [2.75, 3.05) is 0 Å². The lowest BCUT2D eigenvalue weighted by molar-refractivity contribution is 1.24. The molecule has 0 aliphatic carbocycles. The number of hydrogen-bond acceptors (Lipinski definition) is 1. The van der Waals surface area contributed by atoms with E-state index in [1.807, 2.05) is 0 Å².